The second kappa shape index (κ2) is 5.07. The van der Waals surface area contributed by atoms with Crippen LogP contribution in [0.25, 0.3) is 0 Å². The maximum atomic E-state index is 6.34. The fourth-order valence-electron chi connectivity index (χ4n) is 2.10. The maximum Gasteiger partial charge on any atom is 0.0447 e. The monoisotopic (exact) mass is 322 g/mol. The molecule has 2 aromatic carbocycles. The highest BCUT2D eigenvalue weighted by Crippen LogP contribution is 2.37. The Morgan fingerprint density at radius 1 is 1.00 bits per heavy atom. The molecule has 0 nitrogen and oxygen atoms in total. The predicted octanol–water partition coefficient (Wildman–Crippen LogP) is 5.74. The van der Waals surface area contributed by atoms with Crippen LogP contribution < -0.4 is 0 Å². The summed E-state index contributed by atoms with van der Waals surface area (Å²) in [5.74, 6) is 0. The van der Waals surface area contributed by atoms with Crippen molar-refractivity contribution in [2.24, 2.45) is 0 Å². The lowest BCUT2D eigenvalue weighted by Crippen LogP contribution is -2.19. The number of hydrogen-bond acceptors (Lipinski definition) is 0. The van der Waals surface area contributed by atoms with E-state index in [9.17, 15) is 0 Å². The van der Waals surface area contributed by atoms with Gasteiger partial charge in [0.25, 0.3) is 0 Å². The molecule has 0 saturated carbocycles. The lowest BCUT2D eigenvalue weighted by Gasteiger charge is -2.27. The Hall–Kier alpha value is -0.790. The van der Waals surface area contributed by atoms with Crippen molar-refractivity contribution in [3.63, 3.8) is 0 Å². The number of halogens is 2. The molecule has 94 valence electrons. The van der Waals surface area contributed by atoms with Crippen LogP contribution in [0.4, 0.5) is 0 Å². The minimum Gasteiger partial charge on any atom is -0.0840 e. The molecule has 2 heteroatoms. The summed E-state index contributed by atoms with van der Waals surface area (Å²) in [5, 5.41) is 0.809. The topological polar surface area (TPSA) is 0 Å². The minimum absolute atomic E-state index is 0.103. The number of hydrogen-bond donors (Lipinski definition) is 0. The quantitative estimate of drug-likeness (QED) is 0.661. The van der Waals surface area contributed by atoms with Crippen LogP contribution in [-0.2, 0) is 5.41 Å². The Labute approximate surface area is 122 Å². The van der Waals surface area contributed by atoms with Gasteiger partial charge in [-0.2, -0.15) is 0 Å². The normalized spacial score (nSPS) is 11.6. The van der Waals surface area contributed by atoms with Crippen molar-refractivity contribution in [3.8, 4) is 0 Å². The second-order valence-electron chi connectivity index (χ2n) is 5.12. The fraction of sp³-hybridized carbons (Fsp3) is 0.250. The van der Waals surface area contributed by atoms with Gasteiger partial charge >= 0.3 is 0 Å². The smallest absolute Gasteiger partial charge is 0.0447 e. The van der Waals surface area contributed by atoms with Crippen LogP contribution in [0.1, 0.15) is 30.5 Å². The van der Waals surface area contributed by atoms with Crippen molar-refractivity contribution in [3.05, 3.63) is 68.7 Å². The summed E-state index contributed by atoms with van der Waals surface area (Å²) >= 11 is 9.86. The first kappa shape index (κ1) is 13.6. The van der Waals surface area contributed by atoms with E-state index in [1.807, 2.05) is 12.1 Å². The van der Waals surface area contributed by atoms with Gasteiger partial charge in [0.05, 0.1) is 0 Å². The average Bonchev–Trinajstić information content (AvgIpc) is 2.32. The molecule has 0 radical (unpaired) electrons. The molecule has 0 saturated heterocycles. The molecule has 0 amide bonds. The van der Waals surface area contributed by atoms with Crippen molar-refractivity contribution >= 4 is 27.5 Å². The maximum absolute atomic E-state index is 6.34. The summed E-state index contributed by atoms with van der Waals surface area (Å²) in [6.07, 6.45) is 0. The Morgan fingerprint density at radius 3 is 2.22 bits per heavy atom. The predicted molar refractivity (Wildman–Crippen MR) is 82.5 cm³/mol. The zero-order valence-electron chi connectivity index (χ0n) is 10.8. The third kappa shape index (κ3) is 2.62. The molecule has 0 spiro atoms. The van der Waals surface area contributed by atoms with E-state index in [4.69, 9.17) is 11.6 Å². The zero-order chi connectivity index (χ0) is 13.3. The molecule has 0 aromatic heterocycles. The van der Waals surface area contributed by atoms with E-state index < -0.39 is 0 Å². The third-order valence-corrected chi connectivity index (χ3v) is 4.20. The van der Waals surface area contributed by atoms with Gasteiger partial charge in [-0.1, -0.05) is 71.2 Å². The van der Waals surface area contributed by atoms with Gasteiger partial charge in [-0.05, 0) is 36.2 Å². The number of rotatable bonds is 2. The van der Waals surface area contributed by atoms with Gasteiger partial charge in [0.1, 0.15) is 0 Å². The van der Waals surface area contributed by atoms with Gasteiger partial charge in [0, 0.05) is 14.9 Å². The van der Waals surface area contributed by atoms with Crippen LogP contribution in [0.2, 0.25) is 5.02 Å². The molecule has 0 aliphatic heterocycles. The molecule has 0 atom stereocenters. The average molecular weight is 324 g/mol. The summed E-state index contributed by atoms with van der Waals surface area (Å²) in [6.45, 7) is 6.50. The van der Waals surface area contributed by atoms with E-state index in [-0.39, 0.29) is 5.41 Å². The van der Waals surface area contributed by atoms with Crippen LogP contribution in [0.15, 0.2) is 46.9 Å². The third-order valence-electron chi connectivity index (χ3n) is 3.38. The molecule has 0 unspecified atom stereocenters. The van der Waals surface area contributed by atoms with Crippen LogP contribution in [-0.4, -0.2) is 0 Å². The van der Waals surface area contributed by atoms with E-state index in [0.717, 1.165) is 15.1 Å². The summed E-state index contributed by atoms with van der Waals surface area (Å²) in [6, 6.07) is 14.6. The molecule has 0 bridgehead atoms. The van der Waals surface area contributed by atoms with Gasteiger partial charge in [0.15, 0.2) is 0 Å². The van der Waals surface area contributed by atoms with Gasteiger partial charge in [-0.25, -0.2) is 0 Å². The Balaban J connectivity index is 2.53. The first-order valence-corrected chi connectivity index (χ1v) is 7.11. The van der Waals surface area contributed by atoms with Gasteiger partial charge in [0.2, 0.25) is 0 Å². The molecule has 0 aliphatic rings. The Kier molecular flexibility index (Phi) is 3.84. The van der Waals surface area contributed by atoms with Crippen LogP contribution in [0, 0.1) is 6.92 Å². The minimum atomic E-state index is -0.103. The summed E-state index contributed by atoms with van der Waals surface area (Å²) < 4.78 is 1.06. The van der Waals surface area contributed by atoms with Crippen LogP contribution >= 0.6 is 27.5 Å². The fourth-order valence-corrected chi connectivity index (χ4v) is 2.82. The highest BCUT2D eigenvalue weighted by atomic mass is 79.9. The van der Waals surface area contributed by atoms with E-state index in [1.54, 1.807) is 0 Å². The first-order chi connectivity index (χ1) is 8.41. The highest BCUT2D eigenvalue weighted by molar-refractivity contribution is 9.10. The zero-order valence-corrected chi connectivity index (χ0v) is 13.1. The van der Waals surface area contributed by atoms with Crippen molar-refractivity contribution in [2.75, 3.05) is 0 Å². The SMILES string of the molecule is Cc1ccc(C(C)(C)c2cc(Br)ccc2Cl)cc1. The number of aryl methyl sites for hydroxylation is 1. The lowest BCUT2D eigenvalue weighted by atomic mass is 9.78. The molecular formula is C16H16BrCl. The van der Waals surface area contributed by atoms with E-state index >= 15 is 0 Å². The van der Waals surface area contributed by atoms with Crippen LogP contribution in [0.3, 0.4) is 0 Å². The molecule has 0 heterocycles. The van der Waals surface area contributed by atoms with E-state index in [1.165, 1.54) is 11.1 Å². The largest absolute Gasteiger partial charge is 0.0840 e. The summed E-state index contributed by atoms with van der Waals surface area (Å²) in [5.41, 5.74) is 3.58. The molecule has 0 aliphatic carbocycles. The van der Waals surface area contributed by atoms with Crippen molar-refractivity contribution in [1.82, 2.24) is 0 Å². The Bertz CT molecular complexity index is 556. The lowest BCUT2D eigenvalue weighted by molar-refractivity contribution is 0.640. The molecule has 18 heavy (non-hydrogen) atoms. The second-order valence-corrected chi connectivity index (χ2v) is 6.44. The van der Waals surface area contributed by atoms with Crippen molar-refractivity contribution in [1.29, 1.82) is 0 Å². The van der Waals surface area contributed by atoms with Gasteiger partial charge < -0.3 is 0 Å². The van der Waals surface area contributed by atoms with E-state index in [0.29, 0.717) is 0 Å². The molecule has 0 N–H and O–H groups in total. The molecule has 2 aromatic rings. The van der Waals surface area contributed by atoms with E-state index in [2.05, 4.69) is 67.0 Å². The van der Waals surface area contributed by atoms with Crippen LogP contribution in [0.5, 0.6) is 0 Å². The first-order valence-electron chi connectivity index (χ1n) is 5.94. The molecular weight excluding hydrogens is 308 g/mol. The van der Waals surface area contributed by atoms with Crippen molar-refractivity contribution < 1.29 is 0 Å². The van der Waals surface area contributed by atoms with Gasteiger partial charge in [-0.3, -0.25) is 0 Å². The van der Waals surface area contributed by atoms with Crippen molar-refractivity contribution in [2.45, 2.75) is 26.2 Å². The Morgan fingerprint density at radius 2 is 1.61 bits per heavy atom. The van der Waals surface area contributed by atoms with Gasteiger partial charge in [-0.15, -0.1) is 0 Å². The molecule has 2 rings (SSSR count). The highest BCUT2D eigenvalue weighted by Gasteiger charge is 2.25. The summed E-state index contributed by atoms with van der Waals surface area (Å²) in [4.78, 5) is 0. The summed E-state index contributed by atoms with van der Waals surface area (Å²) in [7, 11) is 0. The standard InChI is InChI=1S/C16H16BrCl/c1-11-4-6-12(7-5-11)16(2,3)14-10-13(17)8-9-15(14)18/h4-10H,1-3H3. The number of benzene rings is 2. The molecule has 0 fully saturated rings.